The molecule has 0 unspecified atom stereocenters. The van der Waals surface area contributed by atoms with E-state index in [1.807, 2.05) is 27.1 Å². The van der Waals surface area contributed by atoms with Crippen LogP contribution in [-0.4, -0.2) is 32.4 Å². The molecule has 0 aliphatic rings. The third kappa shape index (κ3) is 3.14. The molecule has 0 saturated carbocycles. The molecule has 0 saturated heterocycles. The Morgan fingerprint density at radius 2 is 2.20 bits per heavy atom. The summed E-state index contributed by atoms with van der Waals surface area (Å²) in [5, 5.41) is 5.87. The van der Waals surface area contributed by atoms with Crippen LogP contribution < -0.4 is 0 Å². The minimum Gasteiger partial charge on any atom is -0.329 e. The van der Waals surface area contributed by atoms with Crippen LogP contribution in [0.3, 0.4) is 0 Å². The van der Waals surface area contributed by atoms with Gasteiger partial charge in [-0.1, -0.05) is 6.07 Å². The number of carbonyl (C=O) groups excluding carboxylic acids is 2. The van der Waals surface area contributed by atoms with Crippen LogP contribution in [0.15, 0.2) is 29.9 Å². The molecule has 5 nitrogen and oxygen atoms in total. The molecule has 0 N–H and O–H groups in total. The van der Waals surface area contributed by atoms with E-state index < -0.39 is 11.7 Å². The predicted molar refractivity (Wildman–Crippen MR) is 77.5 cm³/mol. The standard InChI is InChI=1S/C14H17N3O2S/c1-10(2)17(9-11-7-15-16(3)8-11)14(19)13(18)12-5-4-6-20-12/h4-8,10H,9H2,1-3H3. The molecule has 0 fully saturated rings. The topological polar surface area (TPSA) is 55.2 Å². The molecule has 2 aromatic rings. The Balaban J connectivity index is 2.16. The van der Waals surface area contributed by atoms with E-state index in [0.717, 1.165) is 5.56 Å². The third-order valence-corrected chi connectivity index (χ3v) is 3.80. The van der Waals surface area contributed by atoms with Crippen molar-refractivity contribution in [3.05, 3.63) is 40.3 Å². The monoisotopic (exact) mass is 291 g/mol. The van der Waals surface area contributed by atoms with Crippen LogP contribution in [0.4, 0.5) is 0 Å². The number of aryl methyl sites for hydroxylation is 1. The highest BCUT2D eigenvalue weighted by Gasteiger charge is 2.26. The Morgan fingerprint density at radius 3 is 2.70 bits per heavy atom. The molecule has 2 heterocycles. The average Bonchev–Trinajstić information content (AvgIpc) is 3.05. The summed E-state index contributed by atoms with van der Waals surface area (Å²) in [5.74, 6) is -0.913. The zero-order chi connectivity index (χ0) is 14.7. The van der Waals surface area contributed by atoms with Gasteiger partial charge in [0.25, 0.3) is 11.7 Å². The maximum Gasteiger partial charge on any atom is 0.296 e. The molecule has 0 radical (unpaired) electrons. The number of hydrogen-bond acceptors (Lipinski definition) is 4. The molecular weight excluding hydrogens is 274 g/mol. The van der Waals surface area contributed by atoms with E-state index >= 15 is 0 Å². The summed E-state index contributed by atoms with van der Waals surface area (Å²) in [6.07, 6.45) is 3.55. The first-order chi connectivity index (χ1) is 9.49. The molecule has 20 heavy (non-hydrogen) atoms. The van der Waals surface area contributed by atoms with Crippen molar-refractivity contribution in [2.24, 2.45) is 7.05 Å². The number of carbonyl (C=O) groups is 2. The van der Waals surface area contributed by atoms with Gasteiger partial charge in [0, 0.05) is 31.4 Å². The zero-order valence-corrected chi connectivity index (χ0v) is 12.6. The third-order valence-electron chi connectivity index (χ3n) is 2.93. The van der Waals surface area contributed by atoms with E-state index in [2.05, 4.69) is 5.10 Å². The van der Waals surface area contributed by atoms with Crippen LogP contribution in [0.25, 0.3) is 0 Å². The summed E-state index contributed by atoms with van der Waals surface area (Å²) in [5.41, 5.74) is 0.911. The Labute approximate surface area is 121 Å². The van der Waals surface area contributed by atoms with Gasteiger partial charge in [0.05, 0.1) is 11.1 Å². The highest BCUT2D eigenvalue weighted by Crippen LogP contribution is 2.14. The lowest BCUT2D eigenvalue weighted by molar-refractivity contribution is -0.128. The quantitative estimate of drug-likeness (QED) is 0.626. The minimum atomic E-state index is -0.466. The Kier molecular flexibility index (Phi) is 4.34. The van der Waals surface area contributed by atoms with Gasteiger partial charge in [0.15, 0.2) is 0 Å². The summed E-state index contributed by atoms with van der Waals surface area (Å²) in [7, 11) is 1.82. The molecular formula is C14H17N3O2S. The van der Waals surface area contributed by atoms with Crippen molar-refractivity contribution in [2.45, 2.75) is 26.4 Å². The number of aromatic nitrogens is 2. The molecule has 0 aliphatic carbocycles. The first-order valence-corrected chi connectivity index (χ1v) is 7.23. The molecule has 2 aromatic heterocycles. The van der Waals surface area contributed by atoms with Crippen molar-refractivity contribution in [3.8, 4) is 0 Å². The lowest BCUT2D eigenvalue weighted by Crippen LogP contribution is -2.40. The molecule has 0 aromatic carbocycles. The highest BCUT2D eigenvalue weighted by molar-refractivity contribution is 7.12. The van der Waals surface area contributed by atoms with Crippen molar-refractivity contribution < 1.29 is 9.59 Å². The van der Waals surface area contributed by atoms with Crippen LogP contribution in [0.5, 0.6) is 0 Å². The number of thiophene rings is 1. The summed E-state index contributed by atoms with van der Waals surface area (Å²) in [6, 6.07) is 3.39. The summed E-state index contributed by atoms with van der Waals surface area (Å²) < 4.78 is 1.68. The van der Waals surface area contributed by atoms with Gasteiger partial charge in [-0.25, -0.2) is 0 Å². The first-order valence-electron chi connectivity index (χ1n) is 6.35. The zero-order valence-electron chi connectivity index (χ0n) is 11.7. The SMILES string of the molecule is CC(C)N(Cc1cnn(C)c1)C(=O)C(=O)c1cccs1. The second-order valence-electron chi connectivity index (χ2n) is 4.86. The number of ketones is 1. The van der Waals surface area contributed by atoms with Crippen LogP contribution in [0.1, 0.15) is 29.1 Å². The van der Waals surface area contributed by atoms with Gasteiger partial charge in [-0.3, -0.25) is 14.3 Å². The maximum absolute atomic E-state index is 12.4. The van der Waals surface area contributed by atoms with Gasteiger partial charge in [0.1, 0.15) is 0 Å². The van der Waals surface area contributed by atoms with E-state index in [1.54, 1.807) is 33.3 Å². The summed E-state index contributed by atoms with van der Waals surface area (Å²) >= 11 is 1.29. The molecule has 106 valence electrons. The van der Waals surface area contributed by atoms with Gasteiger partial charge in [-0.2, -0.15) is 5.10 Å². The fourth-order valence-electron chi connectivity index (χ4n) is 1.88. The van der Waals surface area contributed by atoms with Gasteiger partial charge in [-0.15, -0.1) is 11.3 Å². The number of rotatable bonds is 5. The molecule has 0 atom stereocenters. The Morgan fingerprint density at radius 1 is 1.45 bits per heavy atom. The largest absolute Gasteiger partial charge is 0.329 e. The minimum absolute atomic E-state index is 0.0494. The summed E-state index contributed by atoms with van der Waals surface area (Å²) in [6.45, 7) is 4.19. The molecule has 2 rings (SSSR count). The lowest BCUT2D eigenvalue weighted by Gasteiger charge is -2.25. The molecule has 0 aliphatic heterocycles. The van der Waals surface area contributed by atoms with E-state index in [-0.39, 0.29) is 6.04 Å². The second kappa shape index (κ2) is 6.00. The van der Waals surface area contributed by atoms with E-state index in [1.165, 1.54) is 11.3 Å². The van der Waals surface area contributed by atoms with Crippen molar-refractivity contribution in [1.82, 2.24) is 14.7 Å². The fourth-order valence-corrected chi connectivity index (χ4v) is 2.54. The van der Waals surface area contributed by atoms with Gasteiger partial charge in [0.2, 0.25) is 0 Å². The van der Waals surface area contributed by atoms with Crippen LogP contribution in [0.2, 0.25) is 0 Å². The highest BCUT2D eigenvalue weighted by atomic mass is 32.1. The van der Waals surface area contributed by atoms with Crippen LogP contribution in [0, 0.1) is 0 Å². The van der Waals surface area contributed by atoms with Crippen molar-refractivity contribution >= 4 is 23.0 Å². The van der Waals surface area contributed by atoms with Crippen LogP contribution in [-0.2, 0) is 18.4 Å². The predicted octanol–water partition coefficient (Wildman–Crippen LogP) is 2.10. The van der Waals surface area contributed by atoms with E-state index in [0.29, 0.717) is 11.4 Å². The van der Waals surface area contributed by atoms with Crippen LogP contribution >= 0.6 is 11.3 Å². The smallest absolute Gasteiger partial charge is 0.296 e. The molecule has 6 heteroatoms. The van der Waals surface area contributed by atoms with Gasteiger partial charge < -0.3 is 4.90 Å². The number of Topliss-reactive ketones (excluding diaryl/α,β-unsaturated/α-hetero) is 1. The number of hydrogen-bond donors (Lipinski definition) is 0. The van der Waals surface area contributed by atoms with E-state index in [9.17, 15) is 9.59 Å². The molecule has 0 bridgehead atoms. The molecule has 0 spiro atoms. The number of amides is 1. The second-order valence-corrected chi connectivity index (χ2v) is 5.80. The fraction of sp³-hybridized carbons (Fsp3) is 0.357. The molecule has 1 amide bonds. The summed E-state index contributed by atoms with van der Waals surface area (Å²) in [4.78, 5) is 26.5. The number of nitrogens with zero attached hydrogens (tertiary/aromatic N) is 3. The normalized spacial score (nSPS) is 10.8. The Bertz CT molecular complexity index is 602. The van der Waals surface area contributed by atoms with E-state index in [4.69, 9.17) is 0 Å². The van der Waals surface area contributed by atoms with Crippen molar-refractivity contribution in [3.63, 3.8) is 0 Å². The lowest BCUT2D eigenvalue weighted by atomic mass is 10.2. The van der Waals surface area contributed by atoms with Gasteiger partial charge in [-0.05, 0) is 25.3 Å². The van der Waals surface area contributed by atoms with Crippen molar-refractivity contribution in [2.75, 3.05) is 0 Å². The maximum atomic E-state index is 12.4. The Hall–Kier alpha value is -1.95. The average molecular weight is 291 g/mol. The first kappa shape index (κ1) is 14.5. The van der Waals surface area contributed by atoms with Gasteiger partial charge >= 0.3 is 0 Å². The van der Waals surface area contributed by atoms with Crippen molar-refractivity contribution in [1.29, 1.82) is 0 Å².